The van der Waals surface area contributed by atoms with E-state index < -0.39 is 0 Å². The van der Waals surface area contributed by atoms with Crippen LogP contribution in [-0.4, -0.2) is 18.9 Å². The van der Waals surface area contributed by atoms with Gasteiger partial charge in [-0.05, 0) is 43.5 Å². The summed E-state index contributed by atoms with van der Waals surface area (Å²) in [6.45, 7) is 6.60. The van der Waals surface area contributed by atoms with E-state index in [2.05, 4.69) is 24.0 Å². The summed E-state index contributed by atoms with van der Waals surface area (Å²) in [6.07, 6.45) is 2.58. The van der Waals surface area contributed by atoms with Crippen LogP contribution in [0.3, 0.4) is 0 Å². The Morgan fingerprint density at radius 1 is 1.03 bits per heavy atom. The zero-order valence-electron chi connectivity index (χ0n) is 19.2. The maximum absolute atomic E-state index is 13.7. The van der Waals surface area contributed by atoms with E-state index in [4.69, 9.17) is 4.98 Å². The molecule has 0 saturated carbocycles. The smallest absolute Gasteiger partial charge is 0.263 e. The molecular formula is C26H24N4O2S2. The Labute approximate surface area is 205 Å². The number of nitrogens with zero attached hydrogens (tertiary/aromatic N) is 4. The summed E-state index contributed by atoms with van der Waals surface area (Å²) in [5, 5.41) is 1.34. The molecule has 6 nitrogen and oxygen atoms in total. The van der Waals surface area contributed by atoms with E-state index in [1.54, 1.807) is 34.2 Å². The summed E-state index contributed by atoms with van der Waals surface area (Å²) in [5.74, 6) is 0.442. The van der Waals surface area contributed by atoms with Crippen LogP contribution in [-0.2, 0) is 18.7 Å². The van der Waals surface area contributed by atoms with Crippen LogP contribution in [0.1, 0.15) is 34.2 Å². The number of hydrogen-bond acceptors (Lipinski definition) is 6. The van der Waals surface area contributed by atoms with Crippen molar-refractivity contribution in [2.24, 2.45) is 0 Å². The predicted octanol–water partition coefficient (Wildman–Crippen LogP) is 4.99. The van der Waals surface area contributed by atoms with Gasteiger partial charge in [-0.2, -0.15) is 0 Å². The Hall–Kier alpha value is -3.23. The molecule has 4 aromatic heterocycles. The quantitative estimate of drug-likeness (QED) is 0.249. The lowest BCUT2D eigenvalue weighted by molar-refractivity contribution is 0.658. The highest BCUT2D eigenvalue weighted by molar-refractivity contribution is 7.98. The highest BCUT2D eigenvalue weighted by Crippen LogP contribution is 2.30. The molecule has 0 aliphatic heterocycles. The second-order valence-corrected chi connectivity index (χ2v) is 10.3. The van der Waals surface area contributed by atoms with Gasteiger partial charge < -0.3 is 0 Å². The summed E-state index contributed by atoms with van der Waals surface area (Å²) in [6, 6.07) is 15.2. The maximum atomic E-state index is 13.7. The normalized spacial score (nSPS) is 11.5. The van der Waals surface area contributed by atoms with Gasteiger partial charge >= 0.3 is 0 Å². The Bertz CT molecular complexity index is 1630. The van der Waals surface area contributed by atoms with Crippen LogP contribution in [0.5, 0.6) is 0 Å². The number of thioether (sulfide) groups is 1. The maximum Gasteiger partial charge on any atom is 0.263 e. The number of aromatic nitrogens is 4. The van der Waals surface area contributed by atoms with Gasteiger partial charge in [-0.15, -0.1) is 11.3 Å². The van der Waals surface area contributed by atoms with E-state index in [0.717, 1.165) is 22.4 Å². The second-order valence-electron chi connectivity index (χ2n) is 8.26. The van der Waals surface area contributed by atoms with Crippen LogP contribution < -0.4 is 11.1 Å². The first-order valence-electron chi connectivity index (χ1n) is 11.1. The molecule has 0 aliphatic rings. The number of fused-ring (bicyclic) bond motifs is 2. The molecule has 172 valence electrons. The first-order chi connectivity index (χ1) is 16.4. The molecule has 1 aromatic carbocycles. The van der Waals surface area contributed by atoms with E-state index in [-0.39, 0.29) is 11.1 Å². The lowest BCUT2D eigenvalue weighted by Gasteiger charge is -2.13. The van der Waals surface area contributed by atoms with E-state index in [1.165, 1.54) is 26.6 Å². The fourth-order valence-electron chi connectivity index (χ4n) is 4.02. The van der Waals surface area contributed by atoms with Gasteiger partial charge in [0.25, 0.3) is 11.1 Å². The van der Waals surface area contributed by atoms with Crippen molar-refractivity contribution in [1.29, 1.82) is 0 Å². The second kappa shape index (κ2) is 9.19. The Kier molecular flexibility index (Phi) is 6.10. The highest BCUT2D eigenvalue weighted by atomic mass is 32.2. The number of hydrogen-bond donors (Lipinski definition) is 0. The molecule has 0 fully saturated rings. The molecule has 0 N–H and O–H groups in total. The minimum Gasteiger partial charge on any atom is -0.283 e. The number of benzene rings is 1. The van der Waals surface area contributed by atoms with Gasteiger partial charge in [0.15, 0.2) is 5.16 Å². The summed E-state index contributed by atoms with van der Waals surface area (Å²) < 4.78 is 3.28. The fourth-order valence-corrected chi connectivity index (χ4v) is 6.07. The molecule has 0 saturated heterocycles. The monoisotopic (exact) mass is 488 g/mol. The van der Waals surface area contributed by atoms with Crippen LogP contribution in [0.2, 0.25) is 0 Å². The molecular weight excluding hydrogens is 464 g/mol. The molecule has 5 rings (SSSR count). The molecule has 0 amide bonds. The van der Waals surface area contributed by atoms with Crippen molar-refractivity contribution >= 4 is 39.0 Å². The fraction of sp³-hybridized carbons (Fsp3) is 0.231. The van der Waals surface area contributed by atoms with Gasteiger partial charge in [-0.3, -0.25) is 18.6 Å². The Balaban J connectivity index is 1.57. The SMILES string of the molecule is CCc1sc2nc(SCc3cc(=O)n4ccccc4n3)n(Cc3ccc(C)cc3)c(=O)c2c1C. The minimum absolute atomic E-state index is 0.0203. The van der Waals surface area contributed by atoms with Crippen molar-refractivity contribution in [3.63, 3.8) is 0 Å². The first-order valence-corrected chi connectivity index (χ1v) is 12.9. The van der Waals surface area contributed by atoms with Crippen molar-refractivity contribution in [1.82, 2.24) is 18.9 Å². The lowest BCUT2D eigenvalue weighted by atomic mass is 10.1. The van der Waals surface area contributed by atoms with Crippen molar-refractivity contribution in [3.05, 3.63) is 103 Å². The topological polar surface area (TPSA) is 69.3 Å². The molecule has 5 aromatic rings. The number of thiophene rings is 1. The average molecular weight is 489 g/mol. The Morgan fingerprint density at radius 3 is 2.59 bits per heavy atom. The third-order valence-electron chi connectivity index (χ3n) is 5.87. The van der Waals surface area contributed by atoms with Gasteiger partial charge in [0.1, 0.15) is 10.5 Å². The first kappa shape index (κ1) is 22.6. The molecule has 4 heterocycles. The van der Waals surface area contributed by atoms with E-state index in [0.29, 0.717) is 34.2 Å². The average Bonchev–Trinajstić information content (AvgIpc) is 3.16. The van der Waals surface area contributed by atoms with Gasteiger partial charge in [-0.25, -0.2) is 9.97 Å². The molecule has 0 unspecified atom stereocenters. The molecule has 8 heteroatoms. The standard InChI is InChI=1S/C26H24N4O2S2/c1-4-20-17(3)23-24(34-20)28-26(30(25(23)32)14-18-10-8-16(2)9-11-18)33-15-19-13-22(31)29-12-6-5-7-21(29)27-19/h5-13H,4,14-15H2,1-3H3. The summed E-state index contributed by atoms with van der Waals surface area (Å²) in [5.41, 5.74) is 4.37. The highest BCUT2D eigenvalue weighted by Gasteiger charge is 2.18. The van der Waals surface area contributed by atoms with Gasteiger partial charge in [-0.1, -0.05) is 54.6 Å². The Morgan fingerprint density at radius 2 is 1.82 bits per heavy atom. The summed E-state index contributed by atoms with van der Waals surface area (Å²) >= 11 is 3.03. The van der Waals surface area contributed by atoms with Crippen LogP contribution in [0.15, 0.2) is 69.5 Å². The van der Waals surface area contributed by atoms with Crippen LogP contribution in [0.25, 0.3) is 15.9 Å². The van der Waals surface area contributed by atoms with Crippen molar-refractivity contribution < 1.29 is 0 Å². The van der Waals surface area contributed by atoms with Crippen LogP contribution >= 0.6 is 23.1 Å². The van der Waals surface area contributed by atoms with Gasteiger partial charge in [0, 0.05) is 22.9 Å². The van der Waals surface area contributed by atoms with E-state index >= 15 is 0 Å². The summed E-state index contributed by atoms with van der Waals surface area (Å²) in [4.78, 5) is 37.6. The zero-order chi connectivity index (χ0) is 23.8. The number of rotatable bonds is 6. The molecule has 0 atom stereocenters. The minimum atomic E-state index is -0.122. The third kappa shape index (κ3) is 4.19. The number of aryl methyl sites for hydroxylation is 3. The third-order valence-corrected chi connectivity index (χ3v) is 8.21. The molecule has 0 spiro atoms. The summed E-state index contributed by atoms with van der Waals surface area (Å²) in [7, 11) is 0. The number of pyridine rings is 1. The van der Waals surface area contributed by atoms with E-state index in [1.807, 2.05) is 38.1 Å². The molecule has 0 radical (unpaired) electrons. The van der Waals surface area contributed by atoms with Gasteiger partial charge in [0.2, 0.25) is 0 Å². The lowest BCUT2D eigenvalue weighted by Crippen LogP contribution is -2.24. The predicted molar refractivity (Wildman–Crippen MR) is 139 cm³/mol. The molecule has 0 aliphatic carbocycles. The zero-order valence-corrected chi connectivity index (χ0v) is 20.9. The van der Waals surface area contributed by atoms with Crippen molar-refractivity contribution in [2.45, 2.75) is 44.6 Å². The molecule has 0 bridgehead atoms. The van der Waals surface area contributed by atoms with Crippen molar-refractivity contribution in [3.8, 4) is 0 Å². The van der Waals surface area contributed by atoms with E-state index in [9.17, 15) is 9.59 Å². The molecule has 34 heavy (non-hydrogen) atoms. The van der Waals surface area contributed by atoms with Crippen molar-refractivity contribution in [2.75, 3.05) is 0 Å². The largest absolute Gasteiger partial charge is 0.283 e. The van der Waals surface area contributed by atoms with Gasteiger partial charge in [0.05, 0.1) is 17.6 Å². The van der Waals surface area contributed by atoms with Crippen LogP contribution in [0.4, 0.5) is 0 Å². The van der Waals surface area contributed by atoms with Crippen LogP contribution in [0, 0.1) is 13.8 Å².